The zero-order valence-corrected chi connectivity index (χ0v) is 12.3. The highest BCUT2D eigenvalue weighted by atomic mass is 16.3. The second-order valence-corrected chi connectivity index (χ2v) is 5.57. The number of nitrogens with one attached hydrogen (secondary N) is 1. The maximum Gasteiger partial charge on any atom is 0.287 e. The van der Waals surface area contributed by atoms with E-state index in [1.165, 1.54) is 0 Å². The van der Waals surface area contributed by atoms with Crippen molar-refractivity contribution in [3.63, 3.8) is 0 Å². The van der Waals surface area contributed by atoms with Crippen LogP contribution in [0.4, 0.5) is 0 Å². The van der Waals surface area contributed by atoms with Gasteiger partial charge in [-0.2, -0.15) is 0 Å². The maximum absolute atomic E-state index is 11.9. The van der Waals surface area contributed by atoms with Crippen molar-refractivity contribution in [1.29, 1.82) is 0 Å². The number of aliphatic hydroxyl groups excluding tert-OH is 1. The minimum absolute atomic E-state index is 0.159. The topological polar surface area (TPSA) is 62.5 Å². The molecule has 1 heterocycles. The lowest BCUT2D eigenvalue weighted by Gasteiger charge is -2.18. The van der Waals surface area contributed by atoms with Gasteiger partial charge in [-0.15, -0.1) is 0 Å². The van der Waals surface area contributed by atoms with Crippen LogP contribution in [0.25, 0.3) is 0 Å². The van der Waals surface area contributed by atoms with E-state index < -0.39 is 0 Å². The summed E-state index contributed by atoms with van der Waals surface area (Å²) in [5.41, 5.74) is 0.985. The Kier molecular flexibility index (Phi) is 6.09. The number of aliphatic hydroxyl groups is 1. The van der Waals surface area contributed by atoms with E-state index in [-0.39, 0.29) is 12.5 Å². The highest BCUT2D eigenvalue weighted by Crippen LogP contribution is 2.16. The molecule has 1 amide bonds. The Morgan fingerprint density at radius 2 is 2.11 bits per heavy atom. The van der Waals surface area contributed by atoms with Crippen LogP contribution in [0.1, 0.15) is 48.6 Å². The molecule has 4 heteroatoms. The largest absolute Gasteiger partial charge is 0.456 e. The maximum atomic E-state index is 11.9. The molecular weight excluding hydrogens is 242 g/mol. The third kappa shape index (κ3) is 5.07. The second-order valence-electron chi connectivity index (χ2n) is 5.57. The molecule has 1 rings (SSSR count). The van der Waals surface area contributed by atoms with Gasteiger partial charge in [0.25, 0.3) is 5.91 Å². The molecule has 0 aliphatic heterocycles. The van der Waals surface area contributed by atoms with E-state index in [1.807, 2.05) is 13.8 Å². The van der Waals surface area contributed by atoms with E-state index in [0.717, 1.165) is 17.7 Å². The van der Waals surface area contributed by atoms with E-state index in [4.69, 9.17) is 9.52 Å². The third-order valence-electron chi connectivity index (χ3n) is 3.28. The average Bonchev–Trinajstić information content (AvgIpc) is 2.66. The van der Waals surface area contributed by atoms with Gasteiger partial charge in [0, 0.05) is 13.2 Å². The molecule has 0 aliphatic carbocycles. The molecule has 0 bridgehead atoms. The summed E-state index contributed by atoms with van der Waals surface area (Å²) in [5.74, 6) is 1.83. The van der Waals surface area contributed by atoms with Gasteiger partial charge in [0.15, 0.2) is 5.76 Å². The minimum Gasteiger partial charge on any atom is -0.456 e. The molecule has 19 heavy (non-hydrogen) atoms. The van der Waals surface area contributed by atoms with Gasteiger partial charge in [0.05, 0.1) is 0 Å². The van der Waals surface area contributed by atoms with Crippen LogP contribution in [-0.2, 0) is 0 Å². The van der Waals surface area contributed by atoms with Gasteiger partial charge < -0.3 is 14.8 Å². The molecule has 0 saturated carbocycles. The molecule has 4 nitrogen and oxygen atoms in total. The molecule has 1 atom stereocenters. The van der Waals surface area contributed by atoms with Gasteiger partial charge in [-0.25, -0.2) is 0 Å². The number of carbonyl (C=O) groups is 1. The molecule has 0 radical (unpaired) electrons. The fourth-order valence-electron chi connectivity index (χ4n) is 2.16. The van der Waals surface area contributed by atoms with Crippen molar-refractivity contribution in [2.75, 3.05) is 13.2 Å². The molecule has 108 valence electrons. The highest BCUT2D eigenvalue weighted by molar-refractivity contribution is 5.91. The van der Waals surface area contributed by atoms with Gasteiger partial charge in [0.1, 0.15) is 5.76 Å². The first-order chi connectivity index (χ1) is 8.93. The lowest BCUT2D eigenvalue weighted by Crippen LogP contribution is -2.30. The smallest absolute Gasteiger partial charge is 0.287 e. The first kappa shape index (κ1) is 15.8. The van der Waals surface area contributed by atoms with Crippen LogP contribution in [-0.4, -0.2) is 24.2 Å². The van der Waals surface area contributed by atoms with Gasteiger partial charge >= 0.3 is 0 Å². The lowest BCUT2D eigenvalue weighted by atomic mass is 9.94. The Balaban J connectivity index is 2.51. The zero-order valence-electron chi connectivity index (χ0n) is 12.3. The van der Waals surface area contributed by atoms with Crippen molar-refractivity contribution < 1.29 is 14.3 Å². The number of aryl methyl sites for hydroxylation is 2. The fraction of sp³-hybridized carbons (Fsp3) is 0.667. The van der Waals surface area contributed by atoms with E-state index in [2.05, 4.69) is 19.2 Å². The molecule has 0 aliphatic rings. The summed E-state index contributed by atoms with van der Waals surface area (Å²) in [6.07, 6.45) is 1.71. The number of furan rings is 1. The molecule has 0 spiro atoms. The number of amides is 1. The molecule has 1 aromatic rings. The van der Waals surface area contributed by atoms with Crippen LogP contribution < -0.4 is 5.32 Å². The predicted octanol–water partition coefficient (Wildman–Crippen LogP) is 2.67. The second kappa shape index (κ2) is 7.34. The van der Waals surface area contributed by atoms with Crippen LogP contribution in [0.3, 0.4) is 0 Å². The van der Waals surface area contributed by atoms with Crippen molar-refractivity contribution in [2.45, 2.75) is 40.5 Å². The van der Waals surface area contributed by atoms with Crippen LogP contribution >= 0.6 is 0 Å². The first-order valence-electron chi connectivity index (χ1n) is 6.90. The van der Waals surface area contributed by atoms with E-state index in [0.29, 0.717) is 30.6 Å². The van der Waals surface area contributed by atoms with E-state index in [1.54, 1.807) is 6.07 Å². The quantitative estimate of drug-likeness (QED) is 0.798. The van der Waals surface area contributed by atoms with Crippen molar-refractivity contribution in [2.24, 2.45) is 11.8 Å². The molecule has 1 unspecified atom stereocenters. The predicted molar refractivity (Wildman–Crippen MR) is 75.2 cm³/mol. The Bertz CT molecular complexity index is 390. The summed E-state index contributed by atoms with van der Waals surface area (Å²) in [5, 5.41) is 11.9. The van der Waals surface area contributed by atoms with Crippen molar-refractivity contribution in [3.05, 3.63) is 23.2 Å². The number of hydrogen-bond donors (Lipinski definition) is 2. The van der Waals surface area contributed by atoms with Gasteiger partial charge in [0.2, 0.25) is 0 Å². The molecule has 0 saturated heterocycles. The number of hydrogen-bond acceptors (Lipinski definition) is 3. The summed E-state index contributed by atoms with van der Waals surface area (Å²) in [6.45, 7) is 8.79. The molecular formula is C15H25NO3. The molecule has 0 fully saturated rings. The SMILES string of the molecule is Cc1cc(C(=O)NCC(CCO)CC(C)C)oc1C. The normalized spacial score (nSPS) is 12.7. The van der Waals surface area contributed by atoms with Gasteiger partial charge in [-0.1, -0.05) is 13.8 Å². The summed E-state index contributed by atoms with van der Waals surface area (Å²) < 4.78 is 5.39. The Hall–Kier alpha value is -1.29. The summed E-state index contributed by atoms with van der Waals surface area (Å²) >= 11 is 0. The third-order valence-corrected chi connectivity index (χ3v) is 3.28. The summed E-state index contributed by atoms with van der Waals surface area (Å²) in [4.78, 5) is 11.9. The van der Waals surface area contributed by atoms with Gasteiger partial charge in [-0.3, -0.25) is 4.79 Å². The standard InChI is InChI=1S/C15H25NO3/c1-10(2)7-13(5-6-17)9-16-15(18)14-8-11(3)12(4)19-14/h8,10,13,17H,5-7,9H2,1-4H3,(H,16,18). The highest BCUT2D eigenvalue weighted by Gasteiger charge is 2.15. The van der Waals surface area contributed by atoms with E-state index in [9.17, 15) is 4.79 Å². The van der Waals surface area contributed by atoms with Crippen LogP contribution in [0.5, 0.6) is 0 Å². The zero-order chi connectivity index (χ0) is 14.4. The Labute approximate surface area is 115 Å². The summed E-state index contributed by atoms with van der Waals surface area (Å²) in [7, 11) is 0. The number of carbonyl (C=O) groups excluding carboxylic acids is 1. The Morgan fingerprint density at radius 1 is 1.42 bits per heavy atom. The molecule has 0 aromatic carbocycles. The monoisotopic (exact) mass is 267 g/mol. The molecule has 2 N–H and O–H groups in total. The first-order valence-corrected chi connectivity index (χ1v) is 6.90. The van der Waals surface area contributed by atoms with Crippen molar-refractivity contribution >= 4 is 5.91 Å². The van der Waals surface area contributed by atoms with Crippen LogP contribution in [0, 0.1) is 25.7 Å². The fourth-order valence-corrected chi connectivity index (χ4v) is 2.16. The molecule has 1 aromatic heterocycles. The Morgan fingerprint density at radius 3 is 2.58 bits per heavy atom. The summed E-state index contributed by atoms with van der Waals surface area (Å²) in [6, 6.07) is 1.76. The van der Waals surface area contributed by atoms with Crippen LogP contribution in [0.2, 0.25) is 0 Å². The van der Waals surface area contributed by atoms with Crippen LogP contribution in [0.15, 0.2) is 10.5 Å². The van der Waals surface area contributed by atoms with Crippen molar-refractivity contribution in [1.82, 2.24) is 5.32 Å². The van der Waals surface area contributed by atoms with Crippen molar-refractivity contribution in [3.8, 4) is 0 Å². The lowest BCUT2D eigenvalue weighted by molar-refractivity contribution is 0.0912. The number of rotatable bonds is 7. The van der Waals surface area contributed by atoms with E-state index >= 15 is 0 Å². The van der Waals surface area contributed by atoms with Gasteiger partial charge in [-0.05, 0) is 50.2 Å². The minimum atomic E-state index is -0.178. The average molecular weight is 267 g/mol.